The lowest BCUT2D eigenvalue weighted by molar-refractivity contribution is 0.0601. The number of hydrogen-bond acceptors (Lipinski definition) is 5. The van der Waals surface area contributed by atoms with E-state index in [9.17, 15) is 4.79 Å². The number of carbonyl (C=O) groups is 1. The van der Waals surface area contributed by atoms with Crippen molar-refractivity contribution in [3.8, 4) is 5.75 Å². The van der Waals surface area contributed by atoms with Gasteiger partial charge in [-0.3, -0.25) is 0 Å². The summed E-state index contributed by atoms with van der Waals surface area (Å²) >= 11 is 0. The summed E-state index contributed by atoms with van der Waals surface area (Å²) < 4.78 is 11.3. The number of carbonyl (C=O) groups excluding carboxylic acids is 1. The number of anilines is 2. The van der Waals surface area contributed by atoms with Gasteiger partial charge in [-0.2, -0.15) is 0 Å². The predicted molar refractivity (Wildman–Crippen MR) is 141 cm³/mol. The first-order valence-electron chi connectivity index (χ1n) is 12.1. The molecule has 0 amide bonds. The first kappa shape index (κ1) is 22.9. The molecule has 178 valence electrons. The fourth-order valence-electron chi connectivity index (χ4n) is 4.81. The van der Waals surface area contributed by atoms with Gasteiger partial charge in [-0.15, -0.1) is 0 Å². The minimum Gasteiger partial charge on any atom is -0.486 e. The van der Waals surface area contributed by atoms with Crippen LogP contribution in [0.5, 0.6) is 5.75 Å². The summed E-state index contributed by atoms with van der Waals surface area (Å²) in [6, 6.07) is 30.8. The molecule has 5 rings (SSSR count). The molecule has 0 fully saturated rings. The third-order valence-electron chi connectivity index (χ3n) is 6.62. The van der Waals surface area contributed by atoms with Crippen molar-refractivity contribution >= 4 is 28.1 Å². The number of benzene rings is 4. The second-order valence-corrected chi connectivity index (χ2v) is 8.89. The smallest absolute Gasteiger partial charge is 0.337 e. The van der Waals surface area contributed by atoms with Gasteiger partial charge in [-0.05, 0) is 66.6 Å². The van der Waals surface area contributed by atoms with Gasteiger partial charge in [0, 0.05) is 11.7 Å². The summed E-state index contributed by atoms with van der Waals surface area (Å²) in [5.41, 5.74) is 3.80. The van der Waals surface area contributed by atoms with E-state index in [-0.39, 0.29) is 18.1 Å². The van der Waals surface area contributed by atoms with Crippen molar-refractivity contribution in [2.24, 2.45) is 0 Å². The summed E-state index contributed by atoms with van der Waals surface area (Å²) in [6.45, 7) is 3.74. The average molecular weight is 467 g/mol. The third kappa shape index (κ3) is 4.86. The minimum atomic E-state index is -0.337. The summed E-state index contributed by atoms with van der Waals surface area (Å²) in [7, 11) is 1.40. The van der Waals surface area contributed by atoms with Crippen molar-refractivity contribution in [3.05, 3.63) is 102 Å². The van der Waals surface area contributed by atoms with E-state index in [2.05, 4.69) is 65.7 Å². The summed E-state index contributed by atoms with van der Waals surface area (Å²) in [5.74, 6) is 0.519. The Morgan fingerprint density at radius 3 is 2.69 bits per heavy atom. The maximum atomic E-state index is 12.1. The zero-order valence-corrected chi connectivity index (χ0v) is 20.1. The zero-order chi connectivity index (χ0) is 24.2. The number of nitrogens with zero attached hydrogens (tertiary/aromatic N) is 1. The molecule has 1 aliphatic rings. The standard InChI is InChI=1S/C30H30N2O3/c1-21(26-14-8-10-22-9-3-4-13-27(22)26)31-18-17-25-20-32(28-15-5-6-16-29(28)35-25)24-12-7-11-23(19-24)30(33)34-2/h3-16,19,21,25,31H,17-18,20H2,1-2H3/t21-,25?/m1/s1. The normalized spacial score (nSPS) is 15.8. The molecule has 1 unspecified atom stereocenters. The topological polar surface area (TPSA) is 50.8 Å². The Hall–Kier alpha value is -3.83. The van der Waals surface area contributed by atoms with Gasteiger partial charge < -0.3 is 19.7 Å². The first-order valence-corrected chi connectivity index (χ1v) is 12.1. The quantitative estimate of drug-likeness (QED) is 0.326. The van der Waals surface area contributed by atoms with E-state index in [1.165, 1.54) is 23.4 Å². The molecule has 0 saturated carbocycles. The third-order valence-corrected chi connectivity index (χ3v) is 6.62. The molecule has 0 aromatic heterocycles. The second-order valence-electron chi connectivity index (χ2n) is 8.89. The van der Waals surface area contributed by atoms with Gasteiger partial charge in [0.05, 0.1) is 24.9 Å². The van der Waals surface area contributed by atoms with Crippen LogP contribution in [0.15, 0.2) is 91.0 Å². The Bertz CT molecular complexity index is 1330. The van der Waals surface area contributed by atoms with Crippen molar-refractivity contribution in [1.29, 1.82) is 0 Å². The molecule has 0 spiro atoms. The number of nitrogens with one attached hydrogen (secondary N) is 1. The van der Waals surface area contributed by atoms with Crippen LogP contribution in [0, 0.1) is 0 Å². The number of fused-ring (bicyclic) bond motifs is 2. The number of methoxy groups -OCH3 is 1. The Labute approximate surface area is 206 Å². The van der Waals surface area contributed by atoms with Crippen LogP contribution in [0.2, 0.25) is 0 Å². The van der Waals surface area contributed by atoms with Crippen LogP contribution in [-0.2, 0) is 4.74 Å². The van der Waals surface area contributed by atoms with Crippen molar-refractivity contribution in [1.82, 2.24) is 5.32 Å². The van der Waals surface area contributed by atoms with E-state index in [4.69, 9.17) is 9.47 Å². The summed E-state index contributed by atoms with van der Waals surface area (Å²) in [4.78, 5) is 14.3. The van der Waals surface area contributed by atoms with Crippen LogP contribution in [0.4, 0.5) is 11.4 Å². The van der Waals surface area contributed by atoms with Crippen LogP contribution in [0.1, 0.15) is 35.3 Å². The molecular weight excluding hydrogens is 436 g/mol. The summed E-state index contributed by atoms with van der Waals surface area (Å²) in [6.07, 6.45) is 0.871. The molecule has 4 aromatic carbocycles. The van der Waals surface area contributed by atoms with E-state index in [1.54, 1.807) is 6.07 Å². The molecule has 2 atom stereocenters. The Morgan fingerprint density at radius 1 is 1.03 bits per heavy atom. The highest BCUT2D eigenvalue weighted by Crippen LogP contribution is 2.38. The molecule has 1 heterocycles. The van der Waals surface area contributed by atoms with Gasteiger partial charge in [0.1, 0.15) is 11.9 Å². The Morgan fingerprint density at radius 2 is 1.80 bits per heavy atom. The van der Waals surface area contributed by atoms with Crippen molar-refractivity contribution in [2.45, 2.75) is 25.5 Å². The molecule has 5 nitrogen and oxygen atoms in total. The zero-order valence-electron chi connectivity index (χ0n) is 20.1. The molecular formula is C30H30N2O3. The molecule has 0 saturated heterocycles. The molecule has 1 aliphatic heterocycles. The maximum absolute atomic E-state index is 12.1. The fourth-order valence-corrected chi connectivity index (χ4v) is 4.81. The van der Waals surface area contributed by atoms with E-state index in [0.29, 0.717) is 12.1 Å². The highest BCUT2D eigenvalue weighted by Gasteiger charge is 2.27. The number of hydrogen-bond donors (Lipinski definition) is 1. The minimum absolute atomic E-state index is 0.0129. The first-order chi connectivity index (χ1) is 17.1. The van der Waals surface area contributed by atoms with Crippen LogP contribution in [0.3, 0.4) is 0 Å². The molecule has 1 N–H and O–H groups in total. The van der Waals surface area contributed by atoms with Gasteiger partial charge in [0.15, 0.2) is 0 Å². The van der Waals surface area contributed by atoms with E-state index >= 15 is 0 Å². The van der Waals surface area contributed by atoms with Crippen molar-refractivity contribution in [3.63, 3.8) is 0 Å². The van der Waals surface area contributed by atoms with Gasteiger partial charge in [0.25, 0.3) is 0 Å². The van der Waals surface area contributed by atoms with Crippen molar-refractivity contribution < 1.29 is 14.3 Å². The predicted octanol–water partition coefficient (Wildman–Crippen LogP) is 6.27. The number of ether oxygens (including phenoxy) is 2. The number of para-hydroxylation sites is 2. The molecule has 0 bridgehead atoms. The van der Waals surface area contributed by atoms with Gasteiger partial charge in [0.2, 0.25) is 0 Å². The average Bonchev–Trinajstić information content (AvgIpc) is 2.91. The number of esters is 1. The highest BCUT2D eigenvalue weighted by atomic mass is 16.5. The Kier molecular flexibility index (Phi) is 6.68. The number of rotatable bonds is 7. The lowest BCUT2D eigenvalue weighted by Crippen LogP contribution is -2.39. The van der Waals surface area contributed by atoms with Crippen LogP contribution < -0.4 is 15.0 Å². The molecule has 35 heavy (non-hydrogen) atoms. The monoisotopic (exact) mass is 466 g/mol. The van der Waals surface area contributed by atoms with Gasteiger partial charge in [-0.25, -0.2) is 4.79 Å². The van der Waals surface area contributed by atoms with Crippen molar-refractivity contribution in [2.75, 3.05) is 25.1 Å². The van der Waals surface area contributed by atoms with Gasteiger partial charge in [-0.1, -0.05) is 60.7 Å². The lowest BCUT2D eigenvalue weighted by atomic mass is 9.99. The van der Waals surface area contributed by atoms with Crippen LogP contribution in [0.25, 0.3) is 10.8 Å². The van der Waals surface area contributed by atoms with E-state index < -0.39 is 0 Å². The second kappa shape index (κ2) is 10.2. The van der Waals surface area contributed by atoms with E-state index in [0.717, 1.165) is 30.1 Å². The van der Waals surface area contributed by atoms with Crippen LogP contribution >= 0.6 is 0 Å². The SMILES string of the molecule is COC(=O)c1cccc(N2CC(CCN[C@H](C)c3cccc4ccccc34)Oc3ccccc32)c1. The molecule has 0 aliphatic carbocycles. The van der Waals surface area contributed by atoms with E-state index in [1.807, 2.05) is 36.4 Å². The molecule has 5 heteroatoms. The largest absolute Gasteiger partial charge is 0.486 e. The lowest BCUT2D eigenvalue weighted by Gasteiger charge is -2.36. The molecule has 0 radical (unpaired) electrons. The fraction of sp³-hybridized carbons (Fsp3) is 0.233. The highest BCUT2D eigenvalue weighted by molar-refractivity contribution is 5.91. The van der Waals surface area contributed by atoms with Crippen LogP contribution in [-0.4, -0.2) is 32.3 Å². The van der Waals surface area contributed by atoms with Gasteiger partial charge >= 0.3 is 5.97 Å². The molecule has 4 aromatic rings. The Balaban J connectivity index is 1.30. The maximum Gasteiger partial charge on any atom is 0.337 e. The summed E-state index contributed by atoms with van der Waals surface area (Å²) in [5, 5.41) is 6.24.